The molecule has 94 valence electrons. The number of benzene rings is 1. The van der Waals surface area contributed by atoms with E-state index in [9.17, 15) is 4.79 Å². The van der Waals surface area contributed by atoms with E-state index in [1.807, 2.05) is 13.0 Å². The number of nitrogens with zero attached hydrogens (tertiary/aromatic N) is 1. The van der Waals surface area contributed by atoms with E-state index < -0.39 is 11.7 Å². The van der Waals surface area contributed by atoms with Gasteiger partial charge in [0.05, 0.1) is 5.69 Å². The Bertz CT molecular complexity index is 398. The van der Waals surface area contributed by atoms with E-state index in [1.54, 1.807) is 39.0 Å². The third kappa shape index (κ3) is 4.05. The van der Waals surface area contributed by atoms with Gasteiger partial charge in [-0.1, -0.05) is 12.1 Å². The van der Waals surface area contributed by atoms with Crippen molar-refractivity contribution in [2.75, 3.05) is 5.06 Å². The standard InChI is InChI=1S/C12H17NO4/c1-9-6-5-7-10(8-9)13(17-15)11(14)16-12(2,3)4/h5-8,15H,1-4H3. The summed E-state index contributed by atoms with van der Waals surface area (Å²) >= 11 is 0. The molecule has 5 nitrogen and oxygen atoms in total. The van der Waals surface area contributed by atoms with Crippen LogP contribution in [0.3, 0.4) is 0 Å². The first kappa shape index (κ1) is 13.5. The van der Waals surface area contributed by atoms with Gasteiger partial charge in [0, 0.05) is 0 Å². The molecule has 0 saturated heterocycles. The van der Waals surface area contributed by atoms with Gasteiger partial charge in [0.25, 0.3) is 0 Å². The molecule has 0 radical (unpaired) electrons. The van der Waals surface area contributed by atoms with Gasteiger partial charge in [-0.3, -0.25) is 0 Å². The number of carbonyl (C=O) groups is 1. The quantitative estimate of drug-likeness (QED) is 0.636. The molecule has 1 aromatic carbocycles. The van der Waals surface area contributed by atoms with Crippen molar-refractivity contribution < 1.29 is 19.8 Å². The summed E-state index contributed by atoms with van der Waals surface area (Å²) in [6.45, 7) is 7.07. The molecule has 0 heterocycles. The summed E-state index contributed by atoms with van der Waals surface area (Å²) in [5, 5.41) is 9.46. The number of aryl methyl sites for hydroxylation is 1. The van der Waals surface area contributed by atoms with Crippen molar-refractivity contribution in [3.05, 3.63) is 29.8 Å². The Labute approximate surface area is 100 Å². The molecule has 1 N–H and O–H groups in total. The lowest BCUT2D eigenvalue weighted by molar-refractivity contribution is -0.247. The minimum atomic E-state index is -0.773. The van der Waals surface area contributed by atoms with Gasteiger partial charge >= 0.3 is 6.09 Å². The van der Waals surface area contributed by atoms with Crippen molar-refractivity contribution in [2.24, 2.45) is 0 Å². The van der Waals surface area contributed by atoms with Crippen molar-refractivity contribution in [3.63, 3.8) is 0 Å². The fourth-order valence-electron chi connectivity index (χ4n) is 1.24. The second kappa shape index (κ2) is 5.16. The van der Waals surface area contributed by atoms with Crippen molar-refractivity contribution in [3.8, 4) is 0 Å². The minimum absolute atomic E-state index is 0.404. The van der Waals surface area contributed by atoms with Crippen LogP contribution in [0, 0.1) is 6.92 Å². The van der Waals surface area contributed by atoms with E-state index in [2.05, 4.69) is 4.99 Å². The van der Waals surface area contributed by atoms with Crippen LogP contribution >= 0.6 is 0 Å². The summed E-state index contributed by atoms with van der Waals surface area (Å²) in [6, 6.07) is 6.95. The second-order valence-corrected chi connectivity index (χ2v) is 4.70. The van der Waals surface area contributed by atoms with E-state index in [0.717, 1.165) is 5.56 Å². The Morgan fingerprint density at radius 1 is 1.35 bits per heavy atom. The first-order chi connectivity index (χ1) is 7.83. The third-order valence-corrected chi connectivity index (χ3v) is 1.88. The van der Waals surface area contributed by atoms with E-state index in [0.29, 0.717) is 10.8 Å². The van der Waals surface area contributed by atoms with Crippen LogP contribution in [0.25, 0.3) is 0 Å². The highest BCUT2D eigenvalue weighted by molar-refractivity contribution is 5.85. The third-order valence-electron chi connectivity index (χ3n) is 1.88. The molecule has 1 amide bonds. The Morgan fingerprint density at radius 2 is 2.00 bits per heavy atom. The molecular weight excluding hydrogens is 222 g/mol. The SMILES string of the molecule is Cc1cccc(N(OO)C(=O)OC(C)(C)C)c1. The number of anilines is 1. The Hall–Kier alpha value is -1.59. The molecule has 0 unspecified atom stereocenters. The molecule has 1 rings (SSSR count). The highest BCUT2D eigenvalue weighted by Crippen LogP contribution is 2.19. The van der Waals surface area contributed by atoms with Crippen LogP contribution in [0.1, 0.15) is 26.3 Å². The van der Waals surface area contributed by atoms with Crippen LogP contribution in [0.5, 0.6) is 0 Å². The monoisotopic (exact) mass is 239 g/mol. The Morgan fingerprint density at radius 3 is 2.47 bits per heavy atom. The number of hydrogen-bond acceptors (Lipinski definition) is 4. The Kier molecular flexibility index (Phi) is 4.09. The maximum atomic E-state index is 11.7. The Balaban J connectivity index is 2.88. The number of hydroxylamine groups is 1. The molecule has 0 aliphatic carbocycles. The summed E-state index contributed by atoms with van der Waals surface area (Å²) < 4.78 is 5.09. The maximum Gasteiger partial charge on any atom is 0.441 e. The number of amides is 1. The lowest BCUT2D eigenvalue weighted by atomic mass is 10.2. The zero-order chi connectivity index (χ0) is 13.1. The lowest BCUT2D eigenvalue weighted by Gasteiger charge is -2.24. The van der Waals surface area contributed by atoms with E-state index in [-0.39, 0.29) is 0 Å². The van der Waals surface area contributed by atoms with Crippen LogP contribution < -0.4 is 5.06 Å². The fourth-order valence-corrected chi connectivity index (χ4v) is 1.24. The average molecular weight is 239 g/mol. The topological polar surface area (TPSA) is 59.0 Å². The molecule has 5 heteroatoms. The molecular formula is C12H17NO4. The van der Waals surface area contributed by atoms with Crippen LogP contribution in [0.15, 0.2) is 24.3 Å². The van der Waals surface area contributed by atoms with Gasteiger partial charge < -0.3 is 4.74 Å². The average Bonchev–Trinajstić information content (AvgIpc) is 2.15. The number of rotatable bonds is 2. The number of ether oxygens (including phenoxy) is 1. The maximum absolute atomic E-state index is 11.7. The smallest absolute Gasteiger partial charge is 0.441 e. The molecule has 0 spiro atoms. The summed E-state index contributed by atoms with van der Waals surface area (Å²) in [4.78, 5) is 15.8. The lowest BCUT2D eigenvalue weighted by Crippen LogP contribution is -2.36. The summed E-state index contributed by atoms with van der Waals surface area (Å²) in [6.07, 6.45) is -0.773. The molecule has 17 heavy (non-hydrogen) atoms. The predicted octanol–water partition coefficient (Wildman–Crippen LogP) is 3.14. The molecule has 0 aromatic heterocycles. The van der Waals surface area contributed by atoms with Gasteiger partial charge in [-0.25, -0.2) is 10.1 Å². The first-order valence-corrected chi connectivity index (χ1v) is 5.25. The summed E-state index contributed by atoms with van der Waals surface area (Å²) in [5.74, 6) is 0. The minimum Gasteiger partial charge on any atom is -0.442 e. The molecule has 0 aliphatic rings. The van der Waals surface area contributed by atoms with E-state index in [4.69, 9.17) is 9.99 Å². The van der Waals surface area contributed by atoms with Gasteiger partial charge in [-0.2, -0.15) is 0 Å². The van der Waals surface area contributed by atoms with Crippen molar-refractivity contribution in [1.82, 2.24) is 0 Å². The summed E-state index contributed by atoms with van der Waals surface area (Å²) in [7, 11) is 0. The largest absolute Gasteiger partial charge is 0.442 e. The van der Waals surface area contributed by atoms with Gasteiger partial charge in [-0.05, 0) is 45.4 Å². The molecule has 0 aliphatic heterocycles. The van der Waals surface area contributed by atoms with Crippen molar-refractivity contribution >= 4 is 11.8 Å². The van der Waals surface area contributed by atoms with Crippen molar-refractivity contribution in [1.29, 1.82) is 0 Å². The molecule has 0 fully saturated rings. The van der Waals surface area contributed by atoms with Crippen LogP contribution in [-0.4, -0.2) is 17.0 Å². The second-order valence-electron chi connectivity index (χ2n) is 4.70. The van der Waals surface area contributed by atoms with Crippen LogP contribution in [0.4, 0.5) is 10.5 Å². The first-order valence-electron chi connectivity index (χ1n) is 5.25. The molecule has 0 bridgehead atoms. The highest BCUT2D eigenvalue weighted by atomic mass is 17.2. The summed E-state index contributed by atoms with van der Waals surface area (Å²) in [5.41, 5.74) is 0.687. The van der Waals surface area contributed by atoms with Gasteiger partial charge in [0.1, 0.15) is 5.60 Å². The number of carbonyl (C=O) groups excluding carboxylic acids is 1. The predicted molar refractivity (Wildman–Crippen MR) is 63.6 cm³/mol. The molecule has 0 saturated carbocycles. The highest BCUT2D eigenvalue weighted by Gasteiger charge is 2.24. The zero-order valence-corrected chi connectivity index (χ0v) is 10.4. The van der Waals surface area contributed by atoms with Crippen LogP contribution in [0.2, 0.25) is 0 Å². The van der Waals surface area contributed by atoms with Gasteiger partial charge in [0.2, 0.25) is 0 Å². The van der Waals surface area contributed by atoms with Crippen molar-refractivity contribution in [2.45, 2.75) is 33.3 Å². The van der Waals surface area contributed by atoms with Crippen LogP contribution in [-0.2, 0) is 9.73 Å². The number of hydrogen-bond donors (Lipinski definition) is 1. The van der Waals surface area contributed by atoms with E-state index >= 15 is 0 Å². The molecule has 1 aromatic rings. The normalized spacial score (nSPS) is 11.1. The molecule has 0 atom stereocenters. The van der Waals surface area contributed by atoms with Gasteiger partial charge in [0.15, 0.2) is 0 Å². The van der Waals surface area contributed by atoms with E-state index in [1.165, 1.54) is 0 Å². The fraction of sp³-hybridized carbons (Fsp3) is 0.417. The zero-order valence-electron chi connectivity index (χ0n) is 10.4. The van der Waals surface area contributed by atoms with Gasteiger partial charge in [-0.15, -0.1) is 10.1 Å².